The number of para-hydroxylation sites is 1. The van der Waals surface area contributed by atoms with E-state index in [0.29, 0.717) is 11.3 Å². The third-order valence-electron chi connectivity index (χ3n) is 5.14. The maximum Gasteiger partial charge on any atom is 0.247 e. The SMILES string of the molecule is Cc1ccc(C)c(CN2[C@H](c3ccc(F)c(F)c3)Nc3ccccc3S2(=O)=O)c1. The first-order valence-electron chi connectivity index (χ1n) is 9.16. The molecule has 0 radical (unpaired) electrons. The highest BCUT2D eigenvalue weighted by Crippen LogP contribution is 2.39. The largest absolute Gasteiger partial charge is 0.364 e. The van der Waals surface area contributed by atoms with Crippen molar-refractivity contribution in [3.8, 4) is 0 Å². The van der Waals surface area contributed by atoms with Gasteiger partial charge in [-0.2, -0.15) is 4.31 Å². The van der Waals surface area contributed by atoms with E-state index in [1.807, 2.05) is 32.0 Å². The zero-order valence-corrected chi connectivity index (χ0v) is 16.8. The average molecular weight is 414 g/mol. The Morgan fingerprint density at radius 1 is 0.966 bits per heavy atom. The fourth-order valence-electron chi connectivity index (χ4n) is 3.54. The molecule has 1 N–H and O–H groups in total. The number of anilines is 1. The van der Waals surface area contributed by atoms with Crippen LogP contribution in [0, 0.1) is 25.5 Å². The van der Waals surface area contributed by atoms with Crippen molar-refractivity contribution >= 4 is 15.7 Å². The highest BCUT2D eigenvalue weighted by Gasteiger charge is 2.39. The van der Waals surface area contributed by atoms with Gasteiger partial charge in [0.2, 0.25) is 10.0 Å². The van der Waals surface area contributed by atoms with Gasteiger partial charge in [-0.3, -0.25) is 0 Å². The van der Waals surface area contributed by atoms with Gasteiger partial charge in [0.1, 0.15) is 11.1 Å². The molecule has 29 heavy (non-hydrogen) atoms. The monoisotopic (exact) mass is 414 g/mol. The molecule has 0 saturated carbocycles. The van der Waals surface area contributed by atoms with E-state index in [1.54, 1.807) is 18.2 Å². The van der Waals surface area contributed by atoms with Crippen molar-refractivity contribution in [3.05, 3.63) is 94.6 Å². The summed E-state index contributed by atoms with van der Waals surface area (Å²) in [7, 11) is -3.88. The van der Waals surface area contributed by atoms with Crippen LogP contribution in [0.3, 0.4) is 0 Å². The van der Waals surface area contributed by atoms with Gasteiger partial charge in [0, 0.05) is 6.54 Å². The molecule has 4 rings (SSSR count). The van der Waals surface area contributed by atoms with Crippen molar-refractivity contribution in [1.82, 2.24) is 4.31 Å². The van der Waals surface area contributed by atoms with Gasteiger partial charge in [0.15, 0.2) is 11.6 Å². The molecule has 7 heteroatoms. The molecule has 1 atom stereocenters. The molecule has 0 fully saturated rings. The number of aryl methyl sites for hydroxylation is 2. The van der Waals surface area contributed by atoms with E-state index in [-0.39, 0.29) is 11.4 Å². The van der Waals surface area contributed by atoms with Crippen LogP contribution in [0.4, 0.5) is 14.5 Å². The first kappa shape index (κ1) is 19.5. The van der Waals surface area contributed by atoms with Crippen LogP contribution < -0.4 is 5.32 Å². The van der Waals surface area contributed by atoms with Gasteiger partial charge in [-0.15, -0.1) is 0 Å². The molecule has 0 amide bonds. The number of fused-ring (bicyclic) bond motifs is 1. The van der Waals surface area contributed by atoms with Gasteiger partial charge in [-0.1, -0.05) is 42.0 Å². The Bertz CT molecular complexity index is 1200. The van der Waals surface area contributed by atoms with Gasteiger partial charge in [0.25, 0.3) is 0 Å². The number of benzene rings is 3. The van der Waals surface area contributed by atoms with Gasteiger partial charge in [-0.25, -0.2) is 17.2 Å². The molecule has 150 valence electrons. The predicted molar refractivity (Wildman–Crippen MR) is 108 cm³/mol. The highest BCUT2D eigenvalue weighted by atomic mass is 32.2. The van der Waals surface area contributed by atoms with Gasteiger partial charge in [-0.05, 0) is 54.8 Å². The van der Waals surface area contributed by atoms with E-state index in [2.05, 4.69) is 5.32 Å². The molecule has 3 aromatic rings. The van der Waals surface area contributed by atoms with E-state index < -0.39 is 27.8 Å². The molecule has 0 saturated heterocycles. The molecule has 0 unspecified atom stereocenters. The van der Waals surface area contributed by atoms with E-state index in [0.717, 1.165) is 28.8 Å². The molecule has 0 spiro atoms. The van der Waals surface area contributed by atoms with Crippen LogP contribution in [-0.4, -0.2) is 12.7 Å². The Morgan fingerprint density at radius 3 is 2.48 bits per heavy atom. The molecule has 1 aliphatic heterocycles. The number of hydrogen-bond acceptors (Lipinski definition) is 3. The number of hydrogen-bond donors (Lipinski definition) is 1. The summed E-state index contributed by atoms with van der Waals surface area (Å²) >= 11 is 0. The molecule has 0 bridgehead atoms. The van der Waals surface area contributed by atoms with Crippen LogP contribution in [0.1, 0.15) is 28.4 Å². The lowest BCUT2D eigenvalue weighted by Crippen LogP contribution is -2.42. The molecule has 0 aliphatic carbocycles. The quantitative estimate of drug-likeness (QED) is 0.663. The maximum absolute atomic E-state index is 13.9. The number of halogens is 2. The summed E-state index contributed by atoms with van der Waals surface area (Å²) in [4.78, 5) is 0.157. The second kappa shape index (κ2) is 7.24. The minimum atomic E-state index is -3.88. The van der Waals surface area contributed by atoms with Crippen molar-refractivity contribution in [3.63, 3.8) is 0 Å². The standard InChI is InChI=1S/C22H20F2N2O2S/c1-14-7-8-15(2)17(11-14)13-26-22(16-9-10-18(23)19(24)12-16)25-20-5-3-4-6-21(20)29(26,27)28/h3-12,22,25H,13H2,1-2H3/t22-/m1/s1. The predicted octanol–water partition coefficient (Wildman–Crippen LogP) is 4.90. The Kier molecular flexibility index (Phi) is 4.88. The fourth-order valence-corrected chi connectivity index (χ4v) is 5.21. The second-order valence-electron chi connectivity index (χ2n) is 7.20. The van der Waals surface area contributed by atoms with E-state index in [9.17, 15) is 17.2 Å². The van der Waals surface area contributed by atoms with Crippen LogP contribution >= 0.6 is 0 Å². The Hall–Kier alpha value is -2.77. The van der Waals surface area contributed by atoms with Crippen LogP contribution in [0.15, 0.2) is 65.6 Å². The smallest absolute Gasteiger partial charge is 0.247 e. The zero-order valence-electron chi connectivity index (χ0n) is 16.0. The van der Waals surface area contributed by atoms with Crippen LogP contribution in [0.25, 0.3) is 0 Å². The molecule has 4 nitrogen and oxygen atoms in total. The number of sulfonamides is 1. The number of nitrogens with zero attached hydrogens (tertiary/aromatic N) is 1. The summed E-state index contributed by atoms with van der Waals surface area (Å²) in [5.41, 5.74) is 3.57. The Labute approximate surface area is 168 Å². The van der Waals surface area contributed by atoms with E-state index in [4.69, 9.17) is 0 Å². The van der Waals surface area contributed by atoms with Gasteiger partial charge < -0.3 is 5.32 Å². The van der Waals surface area contributed by atoms with Crippen molar-refractivity contribution in [2.75, 3.05) is 5.32 Å². The minimum Gasteiger partial charge on any atom is -0.364 e. The van der Waals surface area contributed by atoms with Crippen molar-refractivity contribution in [1.29, 1.82) is 0 Å². The summed E-state index contributed by atoms with van der Waals surface area (Å²) in [6.07, 6.45) is -0.870. The first-order valence-corrected chi connectivity index (χ1v) is 10.6. The van der Waals surface area contributed by atoms with E-state index in [1.165, 1.54) is 16.4 Å². The third kappa shape index (κ3) is 3.52. The van der Waals surface area contributed by atoms with Crippen molar-refractivity contribution in [2.45, 2.75) is 31.5 Å². The van der Waals surface area contributed by atoms with Gasteiger partial charge in [0.05, 0.1) is 5.69 Å². The Balaban J connectivity index is 1.87. The molecule has 3 aromatic carbocycles. The summed E-state index contributed by atoms with van der Waals surface area (Å²) in [5.74, 6) is -2.00. The maximum atomic E-state index is 13.9. The zero-order chi connectivity index (χ0) is 20.8. The highest BCUT2D eigenvalue weighted by molar-refractivity contribution is 7.89. The lowest BCUT2D eigenvalue weighted by atomic mass is 10.0. The molecule has 0 aromatic heterocycles. The number of nitrogens with one attached hydrogen (secondary N) is 1. The van der Waals surface area contributed by atoms with Crippen molar-refractivity contribution in [2.24, 2.45) is 0 Å². The van der Waals surface area contributed by atoms with E-state index >= 15 is 0 Å². The molecular formula is C22H20F2N2O2S. The van der Waals surface area contributed by atoms with Crippen LogP contribution in [0.5, 0.6) is 0 Å². The third-order valence-corrected chi connectivity index (χ3v) is 7.01. The fraction of sp³-hybridized carbons (Fsp3) is 0.182. The summed E-state index contributed by atoms with van der Waals surface area (Å²) in [5, 5.41) is 3.18. The molecule has 1 heterocycles. The van der Waals surface area contributed by atoms with Crippen LogP contribution in [0.2, 0.25) is 0 Å². The van der Waals surface area contributed by atoms with Crippen LogP contribution in [-0.2, 0) is 16.6 Å². The topological polar surface area (TPSA) is 49.4 Å². The average Bonchev–Trinajstić information content (AvgIpc) is 2.69. The lowest BCUT2D eigenvalue weighted by molar-refractivity contribution is 0.334. The minimum absolute atomic E-state index is 0.0981. The summed E-state index contributed by atoms with van der Waals surface area (Å²) in [6.45, 7) is 3.95. The lowest BCUT2D eigenvalue weighted by Gasteiger charge is -2.37. The first-order chi connectivity index (χ1) is 13.8. The number of rotatable bonds is 3. The van der Waals surface area contributed by atoms with Crippen molar-refractivity contribution < 1.29 is 17.2 Å². The molecule has 1 aliphatic rings. The molecular weight excluding hydrogens is 394 g/mol. The Morgan fingerprint density at radius 2 is 1.72 bits per heavy atom. The summed E-state index contributed by atoms with van der Waals surface area (Å²) < 4.78 is 55.6. The van der Waals surface area contributed by atoms with Gasteiger partial charge >= 0.3 is 0 Å². The normalized spacial score (nSPS) is 18.1. The second-order valence-corrected chi connectivity index (χ2v) is 9.06. The summed E-state index contributed by atoms with van der Waals surface area (Å²) in [6, 6.07) is 15.9.